The second kappa shape index (κ2) is 19.6. The van der Waals surface area contributed by atoms with E-state index in [1.165, 1.54) is 44.9 Å². The van der Waals surface area contributed by atoms with Gasteiger partial charge in [0.2, 0.25) is 0 Å². The van der Waals surface area contributed by atoms with Crippen molar-refractivity contribution >= 4 is 63.3 Å². The van der Waals surface area contributed by atoms with Gasteiger partial charge in [0.15, 0.2) is 17.2 Å². The van der Waals surface area contributed by atoms with Gasteiger partial charge in [-0.15, -0.1) is 0 Å². The molecule has 6 nitrogen and oxygen atoms in total. The zero-order valence-corrected chi connectivity index (χ0v) is 18.8. The fourth-order valence-electron chi connectivity index (χ4n) is 3.28. The minimum atomic E-state index is -0.969. The Labute approximate surface area is 234 Å². The van der Waals surface area contributed by atoms with Crippen molar-refractivity contribution in [3.8, 4) is 17.2 Å². The molecule has 1 aromatic carbocycles. The summed E-state index contributed by atoms with van der Waals surface area (Å²) in [4.78, 5) is 23.6. The Morgan fingerprint density at radius 3 is 1.78 bits per heavy atom. The van der Waals surface area contributed by atoms with Gasteiger partial charge in [-0.25, -0.2) is 4.79 Å². The number of phenols is 3. The number of hydrogen-bond donors (Lipinski definition) is 3. The molecule has 0 aliphatic heterocycles. The van der Waals surface area contributed by atoms with Gasteiger partial charge in [-0.1, -0.05) is 70.4 Å². The van der Waals surface area contributed by atoms with Crippen LogP contribution in [0.3, 0.4) is 0 Å². The summed E-state index contributed by atoms with van der Waals surface area (Å²) < 4.78 is 4.71. The van der Waals surface area contributed by atoms with Crippen LogP contribution in [0.4, 0.5) is 0 Å². The van der Waals surface area contributed by atoms with Gasteiger partial charge >= 0.3 is 63.3 Å². The topological polar surface area (TPSA) is 104 Å². The van der Waals surface area contributed by atoms with Crippen LogP contribution in [0.5, 0.6) is 17.2 Å². The van der Waals surface area contributed by atoms with Crippen LogP contribution in [0, 0.1) is 0 Å². The molecule has 0 saturated heterocycles. The van der Waals surface area contributed by atoms with Gasteiger partial charge in [0.1, 0.15) is 0 Å². The molecule has 1 rings (SSSR count). The molecule has 0 aliphatic carbocycles. The van der Waals surface area contributed by atoms with Crippen molar-refractivity contribution in [2.75, 3.05) is 0 Å². The summed E-state index contributed by atoms with van der Waals surface area (Å²) in [6.07, 6.45) is 19.8. The van der Waals surface area contributed by atoms with E-state index >= 15 is 0 Å². The molecule has 3 N–H and O–H groups in total. The van der Waals surface area contributed by atoms with Crippen LogP contribution in [0.2, 0.25) is 0 Å². The van der Waals surface area contributed by atoms with Gasteiger partial charge in [-0.2, -0.15) is 0 Å². The van der Waals surface area contributed by atoms with Crippen LogP contribution >= 0.6 is 0 Å². The van der Waals surface area contributed by atoms with Gasteiger partial charge in [-0.05, 0) is 44.2 Å². The molecule has 0 unspecified atom stereocenters. The molecule has 176 valence electrons. The maximum atomic E-state index is 11.9. The molecule has 0 saturated carbocycles. The van der Waals surface area contributed by atoms with Crippen LogP contribution in [0.15, 0.2) is 24.3 Å². The third-order valence-electron chi connectivity index (χ3n) is 5.15. The Kier molecular flexibility index (Phi) is 19.1. The number of esters is 2. The molecule has 32 heavy (non-hydrogen) atoms. The Morgan fingerprint density at radius 1 is 0.781 bits per heavy atom. The Morgan fingerprint density at radius 2 is 1.25 bits per heavy atom. The van der Waals surface area contributed by atoms with Crippen molar-refractivity contribution in [3.63, 3.8) is 0 Å². The molecule has 1 aromatic rings. The first-order valence-corrected chi connectivity index (χ1v) is 11.6. The SMILES string of the molecule is CCCCCCCC/C=C\CCCCCCCC(=O)OC(=O)c1cc(O)c(O)c(O)c1.[KH]. The molecule has 0 amide bonds. The molecule has 0 atom stereocenters. The van der Waals surface area contributed by atoms with Crippen LogP contribution in [0.25, 0.3) is 0 Å². The molecule has 7 heteroatoms. The number of carbonyl (C=O) groups excluding carboxylic acids is 2. The summed E-state index contributed by atoms with van der Waals surface area (Å²) in [5.41, 5.74) is -0.203. The van der Waals surface area contributed by atoms with E-state index in [9.17, 15) is 24.9 Å². The summed E-state index contributed by atoms with van der Waals surface area (Å²) in [6.45, 7) is 2.24. The molecule has 0 heterocycles. The van der Waals surface area contributed by atoms with Gasteiger partial charge < -0.3 is 20.1 Å². The normalized spacial score (nSPS) is 10.8. The van der Waals surface area contributed by atoms with Crippen molar-refractivity contribution in [1.29, 1.82) is 0 Å². The van der Waals surface area contributed by atoms with Gasteiger partial charge in [0, 0.05) is 6.42 Å². The third kappa shape index (κ3) is 14.3. The number of carbonyl (C=O) groups is 2. The molecular formula is C25H39KO6. The summed E-state index contributed by atoms with van der Waals surface area (Å²) >= 11 is 0. The van der Waals surface area contributed by atoms with Crippen LogP contribution in [0.1, 0.15) is 107 Å². The van der Waals surface area contributed by atoms with Crippen molar-refractivity contribution in [2.24, 2.45) is 0 Å². The molecule has 0 spiro atoms. The van der Waals surface area contributed by atoms with Crippen molar-refractivity contribution in [3.05, 3.63) is 29.8 Å². The number of ether oxygens (including phenoxy) is 1. The molecule has 0 aromatic heterocycles. The number of phenolic OH excluding ortho intramolecular Hbond substituents is 3. The van der Waals surface area contributed by atoms with Crippen LogP contribution in [-0.4, -0.2) is 78.6 Å². The maximum absolute atomic E-state index is 11.9. The first-order valence-electron chi connectivity index (χ1n) is 11.6. The fraction of sp³-hybridized carbons (Fsp3) is 0.600. The average molecular weight is 475 g/mol. The van der Waals surface area contributed by atoms with Crippen molar-refractivity contribution in [1.82, 2.24) is 0 Å². The number of hydrogen-bond acceptors (Lipinski definition) is 6. The van der Waals surface area contributed by atoms with E-state index in [0.717, 1.165) is 44.2 Å². The number of benzene rings is 1. The predicted molar refractivity (Wildman–Crippen MR) is 128 cm³/mol. The summed E-state index contributed by atoms with van der Waals surface area (Å²) in [6, 6.07) is 1.87. The molecular weight excluding hydrogens is 435 g/mol. The van der Waals surface area contributed by atoms with Crippen LogP contribution < -0.4 is 0 Å². The van der Waals surface area contributed by atoms with Crippen molar-refractivity contribution < 1.29 is 29.6 Å². The minimum absolute atomic E-state index is 0. The van der Waals surface area contributed by atoms with Crippen LogP contribution in [-0.2, 0) is 9.53 Å². The van der Waals surface area contributed by atoms with E-state index in [1.807, 2.05) is 0 Å². The zero-order chi connectivity index (χ0) is 22.9. The van der Waals surface area contributed by atoms with Gasteiger partial charge in [-0.3, -0.25) is 4.79 Å². The quantitative estimate of drug-likeness (QED) is 0.0690. The van der Waals surface area contributed by atoms with E-state index in [2.05, 4.69) is 19.1 Å². The second-order valence-electron chi connectivity index (χ2n) is 7.96. The first-order chi connectivity index (χ1) is 15.0. The van der Waals surface area contributed by atoms with E-state index in [4.69, 9.17) is 4.74 Å². The molecule has 0 radical (unpaired) electrons. The Balaban J connectivity index is 0.00000961. The van der Waals surface area contributed by atoms with Crippen molar-refractivity contribution in [2.45, 2.75) is 96.8 Å². The van der Waals surface area contributed by atoms with E-state index in [1.54, 1.807) is 0 Å². The van der Waals surface area contributed by atoms with E-state index < -0.39 is 29.2 Å². The summed E-state index contributed by atoms with van der Waals surface area (Å²) in [7, 11) is 0. The molecule has 0 bridgehead atoms. The summed E-state index contributed by atoms with van der Waals surface area (Å²) in [5.74, 6) is -3.65. The number of aromatic hydroxyl groups is 3. The Hall–Kier alpha value is -0.864. The predicted octanol–water partition coefficient (Wildman–Crippen LogP) is 5.88. The average Bonchev–Trinajstić information content (AvgIpc) is 2.74. The fourth-order valence-corrected chi connectivity index (χ4v) is 3.28. The van der Waals surface area contributed by atoms with Gasteiger partial charge in [0.25, 0.3) is 0 Å². The third-order valence-corrected chi connectivity index (χ3v) is 5.15. The summed E-state index contributed by atoms with van der Waals surface area (Å²) in [5, 5.41) is 28.1. The number of rotatable bonds is 16. The molecule has 0 fully saturated rings. The zero-order valence-electron chi connectivity index (χ0n) is 18.8. The van der Waals surface area contributed by atoms with Gasteiger partial charge in [0.05, 0.1) is 5.56 Å². The molecule has 0 aliphatic rings. The standard InChI is InChI=1S/C25H38O6.K.H/c1-2-3-4-5-6-7-8-9-10-11-12-13-14-15-16-17-23(28)31-25(30)20-18-21(26)24(29)22(27)19-20;;/h9-10,18-19,26-27,29H,2-8,11-17H2,1H3;;/b10-9-;;. The monoisotopic (exact) mass is 474 g/mol. The number of allylic oxidation sites excluding steroid dienone is 2. The van der Waals surface area contributed by atoms with E-state index in [0.29, 0.717) is 6.42 Å². The Bertz CT molecular complexity index is 679. The second-order valence-corrected chi connectivity index (χ2v) is 7.96. The van der Waals surface area contributed by atoms with E-state index in [-0.39, 0.29) is 63.4 Å². The first kappa shape index (κ1) is 31.1. The number of unbranched alkanes of at least 4 members (excludes halogenated alkanes) is 11.